The average Bonchev–Trinajstić information content (AvgIpc) is 2.29. The van der Waals surface area contributed by atoms with Crippen LogP contribution in [0.2, 0.25) is 0 Å². The van der Waals surface area contributed by atoms with Gasteiger partial charge < -0.3 is 10.6 Å². The fraction of sp³-hybridized carbons (Fsp3) is 0.462. The molecule has 0 aliphatic carbocycles. The second-order valence-corrected chi connectivity index (χ2v) is 7.14. The Balaban J connectivity index is 2.91. The first kappa shape index (κ1) is 15.5. The first-order valence-corrected chi connectivity index (χ1v) is 7.98. The fourth-order valence-corrected chi connectivity index (χ4v) is 2.31. The maximum absolute atomic E-state index is 12.2. The molecule has 0 bridgehead atoms. The third-order valence-corrected chi connectivity index (χ3v) is 3.91. The van der Waals surface area contributed by atoms with Gasteiger partial charge in [0, 0.05) is 31.1 Å². The van der Waals surface area contributed by atoms with Gasteiger partial charge in [-0.25, -0.2) is 8.42 Å². The number of nitrogens with two attached hydrogens (primary N) is 1. The van der Waals surface area contributed by atoms with Crippen LogP contribution in [0.5, 0.6) is 0 Å². The summed E-state index contributed by atoms with van der Waals surface area (Å²) in [5, 5.41) is 0. The summed E-state index contributed by atoms with van der Waals surface area (Å²) in [5.41, 5.74) is 8.64. The van der Waals surface area contributed by atoms with Crippen LogP contribution in [0.1, 0.15) is 21.5 Å². The molecule has 0 fully saturated rings. The number of sulfone groups is 1. The molecule has 1 rings (SSSR count). The van der Waals surface area contributed by atoms with Crippen molar-refractivity contribution in [2.45, 2.75) is 13.8 Å². The number of nitrogen functional groups attached to an aromatic ring is 1. The molecule has 0 atom stereocenters. The van der Waals surface area contributed by atoms with Gasteiger partial charge in [0.2, 0.25) is 0 Å². The molecule has 0 saturated heterocycles. The van der Waals surface area contributed by atoms with E-state index in [1.807, 2.05) is 19.9 Å². The SMILES string of the molecule is Cc1cc(C)c(C(=O)N(C)CCS(C)(=O)=O)cc1N. The molecule has 6 heteroatoms. The zero-order valence-corrected chi connectivity index (χ0v) is 12.5. The first-order valence-electron chi connectivity index (χ1n) is 5.91. The highest BCUT2D eigenvalue weighted by atomic mass is 32.2. The standard InChI is InChI=1S/C13H20N2O3S/c1-9-7-10(2)12(14)8-11(9)13(16)15(3)5-6-19(4,17)18/h7-8H,5-6,14H2,1-4H3. The highest BCUT2D eigenvalue weighted by Gasteiger charge is 2.16. The van der Waals surface area contributed by atoms with Crippen LogP contribution in [0.3, 0.4) is 0 Å². The molecular weight excluding hydrogens is 264 g/mol. The molecule has 0 spiro atoms. The molecule has 0 heterocycles. The van der Waals surface area contributed by atoms with Crippen LogP contribution in [0.15, 0.2) is 12.1 Å². The van der Waals surface area contributed by atoms with E-state index in [1.165, 1.54) is 4.90 Å². The number of benzene rings is 1. The zero-order valence-electron chi connectivity index (χ0n) is 11.7. The topological polar surface area (TPSA) is 80.5 Å². The molecule has 5 nitrogen and oxygen atoms in total. The summed E-state index contributed by atoms with van der Waals surface area (Å²) in [6.45, 7) is 3.89. The van der Waals surface area contributed by atoms with E-state index in [2.05, 4.69) is 0 Å². The molecule has 0 aliphatic heterocycles. The molecular formula is C13H20N2O3S. The average molecular weight is 284 g/mol. The lowest BCUT2D eigenvalue weighted by atomic mass is 10.0. The summed E-state index contributed by atoms with van der Waals surface area (Å²) >= 11 is 0. The Morgan fingerprint density at radius 1 is 1.26 bits per heavy atom. The minimum atomic E-state index is -3.08. The Kier molecular flexibility index (Phi) is 4.57. The molecule has 1 aromatic rings. The summed E-state index contributed by atoms with van der Waals surface area (Å²) in [6, 6.07) is 3.50. The number of aryl methyl sites for hydroxylation is 2. The van der Waals surface area contributed by atoms with Crippen LogP contribution in [-0.4, -0.2) is 44.8 Å². The Bertz CT molecular complexity index is 594. The molecule has 2 N–H and O–H groups in total. The highest BCUT2D eigenvalue weighted by Crippen LogP contribution is 2.19. The lowest BCUT2D eigenvalue weighted by Gasteiger charge is -2.18. The Labute approximate surface area is 114 Å². The molecule has 0 aromatic heterocycles. The van der Waals surface area contributed by atoms with E-state index in [0.29, 0.717) is 11.3 Å². The summed E-state index contributed by atoms with van der Waals surface area (Å²) in [7, 11) is -1.49. The number of hydrogen-bond donors (Lipinski definition) is 1. The summed E-state index contributed by atoms with van der Waals surface area (Å²) in [5.74, 6) is -0.261. The predicted molar refractivity (Wildman–Crippen MR) is 77.0 cm³/mol. The van der Waals surface area contributed by atoms with Crippen molar-refractivity contribution < 1.29 is 13.2 Å². The van der Waals surface area contributed by atoms with Gasteiger partial charge in [0.1, 0.15) is 9.84 Å². The largest absolute Gasteiger partial charge is 0.398 e. The highest BCUT2D eigenvalue weighted by molar-refractivity contribution is 7.90. The van der Waals surface area contributed by atoms with Gasteiger partial charge in [0.05, 0.1) is 5.75 Å². The molecule has 1 aromatic carbocycles. The normalized spacial score (nSPS) is 11.4. The fourth-order valence-electron chi connectivity index (χ4n) is 1.71. The second-order valence-electron chi connectivity index (χ2n) is 4.88. The van der Waals surface area contributed by atoms with Crippen LogP contribution in [0.4, 0.5) is 5.69 Å². The van der Waals surface area contributed by atoms with Gasteiger partial charge in [-0.05, 0) is 31.0 Å². The van der Waals surface area contributed by atoms with E-state index >= 15 is 0 Å². The van der Waals surface area contributed by atoms with Crippen LogP contribution in [0.25, 0.3) is 0 Å². The first-order chi connectivity index (χ1) is 8.61. The third-order valence-electron chi connectivity index (χ3n) is 2.99. The smallest absolute Gasteiger partial charge is 0.253 e. The van der Waals surface area contributed by atoms with Crippen molar-refractivity contribution in [3.63, 3.8) is 0 Å². The maximum Gasteiger partial charge on any atom is 0.253 e. The van der Waals surface area contributed by atoms with Crippen LogP contribution < -0.4 is 5.73 Å². The summed E-state index contributed by atoms with van der Waals surface area (Å²) < 4.78 is 22.2. The van der Waals surface area contributed by atoms with Crippen molar-refractivity contribution in [2.24, 2.45) is 0 Å². The quantitative estimate of drug-likeness (QED) is 0.836. The predicted octanol–water partition coefficient (Wildman–Crippen LogP) is 1.00. The van der Waals surface area contributed by atoms with E-state index in [-0.39, 0.29) is 18.2 Å². The third kappa shape index (κ3) is 4.24. The number of carbonyl (C=O) groups excluding carboxylic acids is 1. The molecule has 106 valence electrons. The van der Waals surface area contributed by atoms with Gasteiger partial charge >= 0.3 is 0 Å². The summed E-state index contributed by atoms with van der Waals surface area (Å²) in [6.07, 6.45) is 1.15. The lowest BCUT2D eigenvalue weighted by molar-refractivity contribution is 0.0803. The van der Waals surface area contributed by atoms with Gasteiger partial charge in [0.25, 0.3) is 5.91 Å². The molecule has 0 unspecified atom stereocenters. The van der Waals surface area contributed by atoms with E-state index in [1.54, 1.807) is 13.1 Å². The number of carbonyl (C=O) groups is 1. The minimum Gasteiger partial charge on any atom is -0.398 e. The Morgan fingerprint density at radius 3 is 2.37 bits per heavy atom. The van der Waals surface area contributed by atoms with E-state index < -0.39 is 9.84 Å². The summed E-state index contributed by atoms with van der Waals surface area (Å²) in [4.78, 5) is 13.6. The molecule has 0 radical (unpaired) electrons. The Morgan fingerprint density at radius 2 is 1.84 bits per heavy atom. The monoisotopic (exact) mass is 284 g/mol. The zero-order chi connectivity index (χ0) is 14.8. The van der Waals surface area contributed by atoms with Gasteiger partial charge in [-0.15, -0.1) is 0 Å². The second kappa shape index (κ2) is 5.61. The van der Waals surface area contributed by atoms with Crippen LogP contribution in [-0.2, 0) is 9.84 Å². The number of anilines is 1. The number of hydrogen-bond acceptors (Lipinski definition) is 4. The van der Waals surface area contributed by atoms with Gasteiger partial charge in [0.15, 0.2) is 0 Å². The molecule has 0 aliphatic rings. The Hall–Kier alpha value is -1.56. The van der Waals surface area contributed by atoms with E-state index in [9.17, 15) is 13.2 Å². The molecule has 19 heavy (non-hydrogen) atoms. The molecule has 1 amide bonds. The lowest BCUT2D eigenvalue weighted by Crippen LogP contribution is -2.32. The minimum absolute atomic E-state index is 0.0460. The molecule has 0 saturated carbocycles. The number of nitrogens with zero attached hydrogens (tertiary/aromatic N) is 1. The number of amides is 1. The van der Waals surface area contributed by atoms with Gasteiger partial charge in [-0.3, -0.25) is 4.79 Å². The maximum atomic E-state index is 12.2. The van der Waals surface area contributed by atoms with Crippen molar-refractivity contribution >= 4 is 21.4 Å². The van der Waals surface area contributed by atoms with Crippen molar-refractivity contribution in [2.75, 3.05) is 31.3 Å². The number of rotatable bonds is 4. The van der Waals surface area contributed by atoms with Gasteiger partial charge in [-0.2, -0.15) is 0 Å². The van der Waals surface area contributed by atoms with E-state index in [4.69, 9.17) is 5.73 Å². The van der Waals surface area contributed by atoms with Crippen molar-refractivity contribution in [1.82, 2.24) is 4.90 Å². The van der Waals surface area contributed by atoms with Gasteiger partial charge in [-0.1, -0.05) is 6.07 Å². The van der Waals surface area contributed by atoms with Crippen molar-refractivity contribution in [3.05, 3.63) is 28.8 Å². The van der Waals surface area contributed by atoms with Crippen LogP contribution in [0, 0.1) is 13.8 Å². The van der Waals surface area contributed by atoms with Crippen molar-refractivity contribution in [3.8, 4) is 0 Å². The van der Waals surface area contributed by atoms with Crippen LogP contribution >= 0.6 is 0 Å². The van der Waals surface area contributed by atoms with E-state index in [0.717, 1.165) is 17.4 Å². The van der Waals surface area contributed by atoms with Crippen molar-refractivity contribution in [1.29, 1.82) is 0 Å².